The third kappa shape index (κ3) is 12.2. The van der Waals surface area contributed by atoms with Gasteiger partial charge in [0.2, 0.25) is 0 Å². The van der Waals surface area contributed by atoms with Gasteiger partial charge in [-0.25, -0.2) is 28.0 Å². The molecular formula is C57H47F2NO8. The van der Waals surface area contributed by atoms with Crippen LogP contribution in [0.15, 0.2) is 152 Å². The minimum absolute atomic E-state index is 0.188. The number of carbonyl (C=O) groups is 4. The van der Waals surface area contributed by atoms with E-state index >= 15 is 8.78 Å². The van der Waals surface area contributed by atoms with Crippen molar-refractivity contribution in [1.82, 2.24) is 0 Å². The molecule has 0 spiro atoms. The Hall–Kier alpha value is -8.23. The first kappa shape index (κ1) is 47.7. The van der Waals surface area contributed by atoms with E-state index in [1.165, 1.54) is 54.3 Å². The molecule has 0 bridgehead atoms. The number of carbonyl (C=O) groups excluding carboxylic acids is 4. The van der Waals surface area contributed by atoms with Gasteiger partial charge in [-0.05, 0) is 132 Å². The van der Waals surface area contributed by atoms with E-state index in [9.17, 15) is 24.4 Å². The number of hydrogen-bond donors (Lipinski definition) is 0. The van der Waals surface area contributed by atoms with Crippen molar-refractivity contribution in [2.24, 2.45) is 0 Å². The Bertz CT molecular complexity index is 2770. The van der Waals surface area contributed by atoms with Crippen LogP contribution in [0.4, 0.5) is 8.78 Å². The molecule has 0 aliphatic carbocycles. The van der Waals surface area contributed by atoms with Gasteiger partial charge in [-0.2, -0.15) is 5.26 Å². The summed E-state index contributed by atoms with van der Waals surface area (Å²) in [6.45, 7) is 4.34. The molecule has 9 nitrogen and oxygen atoms in total. The molecular weight excluding hydrogens is 865 g/mol. The lowest BCUT2D eigenvalue weighted by Gasteiger charge is -2.12. The highest BCUT2D eigenvalue weighted by Crippen LogP contribution is 2.31. The highest BCUT2D eigenvalue weighted by molar-refractivity contribution is 5.95. The van der Waals surface area contributed by atoms with Crippen LogP contribution in [-0.4, -0.2) is 23.9 Å². The number of nitriles is 1. The average Bonchev–Trinajstić information content (AvgIpc) is 3.36. The van der Waals surface area contributed by atoms with Crippen LogP contribution in [0.2, 0.25) is 0 Å². The normalized spacial score (nSPS) is 10.8. The fourth-order valence-corrected chi connectivity index (χ4v) is 7.33. The van der Waals surface area contributed by atoms with E-state index < -0.39 is 47.0 Å². The molecule has 0 aliphatic heterocycles. The van der Waals surface area contributed by atoms with Crippen molar-refractivity contribution in [1.29, 1.82) is 5.26 Å². The molecule has 0 saturated carbocycles. The second-order valence-corrected chi connectivity index (χ2v) is 16.1. The monoisotopic (exact) mass is 911 g/mol. The van der Waals surface area contributed by atoms with Gasteiger partial charge in [0.25, 0.3) is 0 Å². The summed E-state index contributed by atoms with van der Waals surface area (Å²) >= 11 is 0. The Morgan fingerprint density at radius 3 is 1.09 bits per heavy atom. The van der Waals surface area contributed by atoms with Crippen LogP contribution in [-0.2, 0) is 12.8 Å². The van der Waals surface area contributed by atoms with Crippen LogP contribution >= 0.6 is 0 Å². The highest BCUT2D eigenvalue weighted by Gasteiger charge is 2.22. The molecule has 0 atom stereocenters. The number of hydrogen-bond acceptors (Lipinski definition) is 9. The molecule has 0 saturated heterocycles. The highest BCUT2D eigenvalue weighted by atomic mass is 19.1. The number of nitrogens with zero attached hydrogens (tertiary/aromatic N) is 1. The first-order valence-electron chi connectivity index (χ1n) is 22.4. The SMILES string of the molecule is CCCCCc1ccc(-c2ccc(C(=O)Oc3ccc(C(=O)Oc4cccc(OC(=O)c5ccc(OC(=O)c6ccc(-c7ccc(CCCCC)cc7)cc6)c(F)c5)c4C#N)cc3F)cc2)cc1. The van der Waals surface area contributed by atoms with Crippen molar-refractivity contribution < 1.29 is 46.9 Å². The minimum atomic E-state index is -1.07. The molecule has 7 aromatic carbocycles. The largest absolute Gasteiger partial charge is 0.421 e. The Morgan fingerprint density at radius 2 is 0.750 bits per heavy atom. The number of rotatable bonds is 18. The maximum Gasteiger partial charge on any atom is 0.343 e. The van der Waals surface area contributed by atoms with Crippen LogP contribution in [0, 0.1) is 23.0 Å². The summed E-state index contributed by atoms with van der Waals surface area (Å²) < 4.78 is 51.8. The van der Waals surface area contributed by atoms with Crippen LogP contribution < -0.4 is 18.9 Å². The quantitative estimate of drug-likeness (QED) is 0.0469. The predicted octanol–water partition coefficient (Wildman–Crippen LogP) is 13.5. The molecule has 0 heterocycles. The van der Waals surface area contributed by atoms with Crippen molar-refractivity contribution in [3.63, 3.8) is 0 Å². The van der Waals surface area contributed by atoms with E-state index in [4.69, 9.17) is 18.9 Å². The molecule has 342 valence electrons. The van der Waals surface area contributed by atoms with Gasteiger partial charge in [0.1, 0.15) is 11.6 Å². The van der Waals surface area contributed by atoms with E-state index in [2.05, 4.69) is 38.1 Å². The summed E-state index contributed by atoms with van der Waals surface area (Å²) in [4.78, 5) is 52.1. The van der Waals surface area contributed by atoms with Crippen LogP contribution in [0.3, 0.4) is 0 Å². The van der Waals surface area contributed by atoms with Crippen molar-refractivity contribution in [3.8, 4) is 51.3 Å². The second-order valence-electron chi connectivity index (χ2n) is 16.1. The van der Waals surface area contributed by atoms with E-state index in [0.717, 1.165) is 85.0 Å². The topological polar surface area (TPSA) is 129 Å². The fraction of sp³-hybridized carbons (Fsp3) is 0.175. The van der Waals surface area contributed by atoms with Crippen LogP contribution in [0.1, 0.15) is 110 Å². The summed E-state index contributed by atoms with van der Waals surface area (Å²) in [6.07, 6.45) is 9.01. The Labute approximate surface area is 393 Å². The molecule has 0 unspecified atom stereocenters. The van der Waals surface area contributed by atoms with Gasteiger partial charge in [-0.1, -0.05) is 118 Å². The molecule has 0 radical (unpaired) electrons. The smallest absolute Gasteiger partial charge is 0.343 e. The molecule has 0 N–H and O–H groups in total. The van der Waals surface area contributed by atoms with Gasteiger partial charge in [0.05, 0.1) is 22.3 Å². The summed E-state index contributed by atoms with van der Waals surface area (Å²) in [5.74, 6) is -7.30. The number of esters is 4. The molecule has 0 aromatic heterocycles. The Morgan fingerprint density at radius 1 is 0.426 bits per heavy atom. The zero-order chi connectivity index (χ0) is 48.0. The van der Waals surface area contributed by atoms with Gasteiger partial charge in [-0.3, -0.25) is 0 Å². The molecule has 7 aromatic rings. The summed E-state index contributed by atoms with van der Waals surface area (Å²) in [5, 5.41) is 9.97. The first-order valence-corrected chi connectivity index (χ1v) is 22.4. The maximum atomic E-state index is 15.2. The zero-order valence-corrected chi connectivity index (χ0v) is 37.6. The number of unbranched alkanes of at least 4 members (excludes halogenated alkanes) is 4. The number of aryl methyl sites for hydroxylation is 2. The number of ether oxygens (including phenoxy) is 4. The molecule has 0 fully saturated rings. The maximum absolute atomic E-state index is 15.2. The number of halogens is 2. The average molecular weight is 912 g/mol. The van der Waals surface area contributed by atoms with Gasteiger partial charge < -0.3 is 18.9 Å². The van der Waals surface area contributed by atoms with Crippen molar-refractivity contribution >= 4 is 23.9 Å². The van der Waals surface area contributed by atoms with Gasteiger partial charge in [0.15, 0.2) is 34.6 Å². The molecule has 0 amide bonds. The van der Waals surface area contributed by atoms with Gasteiger partial charge in [0, 0.05) is 0 Å². The zero-order valence-electron chi connectivity index (χ0n) is 37.6. The fourth-order valence-electron chi connectivity index (χ4n) is 7.33. The standard InChI is InChI=1S/C57H47F2NO8/c1-3-5-7-10-37-14-18-39(19-15-37)41-22-26-43(27-23-41)54(61)67-52-32-30-45(34-48(52)58)56(63)65-50-12-9-13-51(47(50)36-60)66-57(64)46-31-33-53(49(59)35-46)68-55(62)44-28-24-42(25-29-44)40-20-16-38(17-21-40)11-8-6-4-2/h9,12-35H,3-8,10-11H2,1-2H3. The van der Waals surface area contributed by atoms with E-state index in [0.29, 0.717) is 0 Å². The number of benzene rings is 7. The van der Waals surface area contributed by atoms with Crippen LogP contribution in [0.5, 0.6) is 23.0 Å². The summed E-state index contributed by atoms with van der Waals surface area (Å²) in [6, 6.07) is 41.8. The lowest BCUT2D eigenvalue weighted by atomic mass is 10.0. The molecule has 68 heavy (non-hydrogen) atoms. The summed E-state index contributed by atoms with van der Waals surface area (Å²) in [5.41, 5.74) is 5.76. The first-order chi connectivity index (χ1) is 33.0. The van der Waals surface area contributed by atoms with E-state index in [-0.39, 0.29) is 39.3 Å². The lowest BCUT2D eigenvalue weighted by molar-refractivity contribution is 0.0716. The van der Waals surface area contributed by atoms with Gasteiger partial charge >= 0.3 is 23.9 Å². The predicted molar refractivity (Wildman–Crippen MR) is 254 cm³/mol. The van der Waals surface area contributed by atoms with Crippen molar-refractivity contribution in [2.45, 2.75) is 65.2 Å². The Balaban J connectivity index is 0.930. The van der Waals surface area contributed by atoms with Crippen LogP contribution in [0.25, 0.3) is 22.3 Å². The summed E-state index contributed by atoms with van der Waals surface area (Å²) in [7, 11) is 0. The lowest BCUT2D eigenvalue weighted by Crippen LogP contribution is -2.14. The minimum Gasteiger partial charge on any atom is -0.421 e. The van der Waals surface area contributed by atoms with Crippen molar-refractivity contribution in [2.75, 3.05) is 0 Å². The second kappa shape index (κ2) is 22.8. The van der Waals surface area contributed by atoms with Crippen molar-refractivity contribution in [3.05, 3.63) is 202 Å². The molecule has 0 aliphatic rings. The molecule has 7 rings (SSSR count). The van der Waals surface area contributed by atoms with E-state index in [1.807, 2.05) is 30.3 Å². The third-order valence-corrected chi connectivity index (χ3v) is 11.2. The third-order valence-electron chi connectivity index (χ3n) is 11.2. The molecule has 11 heteroatoms. The Kier molecular flexibility index (Phi) is 16.0. The van der Waals surface area contributed by atoms with E-state index in [1.54, 1.807) is 48.5 Å². The van der Waals surface area contributed by atoms with Gasteiger partial charge in [-0.15, -0.1) is 0 Å².